The number of rotatable bonds is 1. The quantitative estimate of drug-likeness (QED) is 0.463. The highest BCUT2D eigenvalue weighted by Gasteiger charge is 2.38. The SMILES string of the molecule is NC1(S(=O)(=O)O)N=CC=N1. The summed E-state index contributed by atoms with van der Waals surface area (Å²) in [5, 5.41) is -2.20. The molecular formula is C3H5N3O3S. The molecule has 0 aliphatic carbocycles. The molecule has 0 unspecified atom stereocenters. The van der Waals surface area contributed by atoms with E-state index < -0.39 is 15.2 Å². The molecule has 1 aliphatic rings. The first-order chi connectivity index (χ1) is 4.46. The number of hydrogen-bond acceptors (Lipinski definition) is 5. The average molecular weight is 163 g/mol. The third kappa shape index (κ3) is 0.939. The van der Waals surface area contributed by atoms with E-state index in [-0.39, 0.29) is 0 Å². The molecule has 0 aromatic heterocycles. The van der Waals surface area contributed by atoms with Crippen molar-refractivity contribution in [2.24, 2.45) is 15.7 Å². The van der Waals surface area contributed by atoms with Crippen LogP contribution in [0.4, 0.5) is 0 Å². The smallest absolute Gasteiger partial charge is 0.281 e. The van der Waals surface area contributed by atoms with Crippen LogP contribution in [0.5, 0.6) is 0 Å². The number of hydrogen-bond donors (Lipinski definition) is 2. The predicted octanol–water partition coefficient (Wildman–Crippen LogP) is -1.40. The highest BCUT2D eigenvalue weighted by Crippen LogP contribution is 2.13. The molecule has 7 heteroatoms. The molecule has 0 saturated carbocycles. The standard InChI is InChI=1S/C3H5N3O3S/c4-3(10(7,8)9)5-1-2-6-3/h1-2H,4H2,(H,7,8,9). The first kappa shape index (κ1) is 7.32. The molecule has 0 aromatic rings. The van der Waals surface area contributed by atoms with Crippen molar-refractivity contribution in [1.82, 2.24) is 0 Å². The molecule has 1 aliphatic heterocycles. The van der Waals surface area contributed by atoms with Gasteiger partial charge in [-0.25, -0.2) is 9.98 Å². The molecule has 6 nitrogen and oxygen atoms in total. The predicted molar refractivity (Wildman–Crippen MR) is 35.5 cm³/mol. The van der Waals surface area contributed by atoms with Crippen molar-refractivity contribution in [2.45, 2.75) is 5.12 Å². The summed E-state index contributed by atoms with van der Waals surface area (Å²) in [6.07, 6.45) is 2.21. The van der Waals surface area contributed by atoms with Crippen molar-refractivity contribution in [3.8, 4) is 0 Å². The number of nitrogens with zero attached hydrogens (tertiary/aromatic N) is 2. The van der Waals surface area contributed by atoms with Crippen molar-refractivity contribution in [3.63, 3.8) is 0 Å². The summed E-state index contributed by atoms with van der Waals surface area (Å²) in [4.78, 5) is 6.46. The van der Waals surface area contributed by atoms with Crippen molar-refractivity contribution >= 4 is 22.5 Å². The molecule has 0 spiro atoms. The van der Waals surface area contributed by atoms with Gasteiger partial charge in [-0.1, -0.05) is 0 Å². The van der Waals surface area contributed by atoms with Crippen molar-refractivity contribution < 1.29 is 13.0 Å². The summed E-state index contributed by atoms with van der Waals surface area (Å²) < 4.78 is 29.1. The molecule has 10 heavy (non-hydrogen) atoms. The summed E-state index contributed by atoms with van der Waals surface area (Å²) >= 11 is 0. The van der Waals surface area contributed by atoms with Crippen LogP contribution in [0.15, 0.2) is 9.98 Å². The third-order valence-corrected chi connectivity index (χ3v) is 1.94. The lowest BCUT2D eigenvalue weighted by Gasteiger charge is -2.11. The molecule has 3 N–H and O–H groups in total. The normalized spacial score (nSPS) is 21.8. The van der Waals surface area contributed by atoms with Gasteiger partial charge < -0.3 is 0 Å². The van der Waals surface area contributed by atoms with Gasteiger partial charge in [0.05, 0.1) is 0 Å². The fraction of sp³-hybridized carbons (Fsp3) is 0.333. The highest BCUT2D eigenvalue weighted by molar-refractivity contribution is 7.87. The van der Waals surface area contributed by atoms with Gasteiger partial charge in [0.15, 0.2) is 0 Å². The molecule has 0 bridgehead atoms. The maximum Gasteiger partial charge on any atom is 0.333 e. The van der Waals surface area contributed by atoms with Crippen LogP contribution in [0.3, 0.4) is 0 Å². The Labute approximate surface area is 57.2 Å². The van der Waals surface area contributed by atoms with E-state index in [0.29, 0.717) is 0 Å². The Bertz CT molecular complexity index is 278. The van der Waals surface area contributed by atoms with Crippen LogP contribution in [-0.2, 0) is 10.1 Å². The monoisotopic (exact) mass is 163 g/mol. The Hall–Kier alpha value is -0.790. The summed E-state index contributed by atoms with van der Waals surface area (Å²) in [5.41, 5.74) is 5.00. The second-order valence-electron chi connectivity index (χ2n) is 1.69. The van der Waals surface area contributed by atoms with Gasteiger partial charge >= 0.3 is 15.2 Å². The second kappa shape index (κ2) is 1.84. The van der Waals surface area contributed by atoms with Gasteiger partial charge in [0.25, 0.3) is 0 Å². The van der Waals surface area contributed by atoms with E-state index in [1.165, 1.54) is 0 Å². The second-order valence-corrected chi connectivity index (χ2v) is 3.24. The Morgan fingerprint density at radius 1 is 1.40 bits per heavy atom. The Balaban J connectivity index is 3.14. The lowest BCUT2D eigenvalue weighted by Crippen LogP contribution is -2.42. The topological polar surface area (TPSA) is 105 Å². The van der Waals surface area contributed by atoms with E-state index in [1.807, 2.05) is 0 Å². The molecule has 56 valence electrons. The number of nitrogens with two attached hydrogens (primary N) is 1. The fourth-order valence-electron chi connectivity index (χ4n) is 0.447. The van der Waals surface area contributed by atoms with E-state index in [0.717, 1.165) is 12.4 Å². The molecule has 1 rings (SSSR count). The van der Waals surface area contributed by atoms with E-state index in [2.05, 4.69) is 9.98 Å². The summed E-state index contributed by atoms with van der Waals surface area (Å²) in [5.74, 6) is 0. The summed E-state index contributed by atoms with van der Waals surface area (Å²) in [6, 6.07) is 0. The fourth-order valence-corrected chi connectivity index (χ4v) is 0.835. The van der Waals surface area contributed by atoms with Gasteiger partial charge in [-0.2, -0.15) is 8.42 Å². The van der Waals surface area contributed by atoms with Crippen LogP contribution in [0.2, 0.25) is 0 Å². The molecule has 1 heterocycles. The average Bonchev–Trinajstić information content (AvgIpc) is 2.13. The highest BCUT2D eigenvalue weighted by atomic mass is 32.2. The number of aliphatic imine (C=N–C) groups is 2. The van der Waals surface area contributed by atoms with Crippen molar-refractivity contribution in [2.75, 3.05) is 0 Å². The minimum absolute atomic E-state index is 1.10. The molecule has 0 amide bonds. The van der Waals surface area contributed by atoms with Gasteiger partial charge in [-0.3, -0.25) is 10.3 Å². The van der Waals surface area contributed by atoms with Crippen LogP contribution in [0.1, 0.15) is 0 Å². The summed E-state index contributed by atoms with van der Waals surface area (Å²) in [6.45, 7) is 0. The van der Waals surface area contributed by atoms with Crippen LogP contribution in [-0.4, -0.2) is 30.5 Å². The minimum Gasteiger partial charge on any atom is -0.281 e. The lowest BCUT2D eigenvalue weighted by atomic mass is 10.9. The zero-order chi connectivity index (χ0) is 7.83. The van der Waals surface area contributed by atoms with Crippen LogP contribution < -0.4 is 5.73 Å². The third-order valence-electron chi connectivity index (χ3n) is 0.965. The van der Waals surface area contributed by atoms with E-state index in [1.54, 1.807) is 0 Å². The largest absolute Gasteiger partial charge is 0.333 e. The Morgan fingerprint density at radius 2 is 1.80 bits per heavy atom. The molecule has 0 atom stereocenters. The van der Waals surface area contributed by atoms with E-state index in [9.17, 15) is 8.42 Å². The summed E-state index contributed by atoms with van der Waals surface area (Å²) in [7, 11) is -4.42. The molecule has 0 radical (unpaired) electrons. The molecular weight excluding hydrogens is 158 g/mol. The minimum atomic E-state index is -4.42. The first-order valence-electron chi connectivity index (χ1n) is 2.31. The van der Waals surface area contributed by atoms with E-state index >= 15 is 0 Å². The molecule has 0 saturated heterocycles. The molecule has 0 aromatic carbocycles. The van der Waals surface area contributed by atoms with Crippen molar-refractivity contribution in [3.05, 3.63) is 0 Å². The first-order valence-corrected chi connectivity index (χ1v) is 3.75. The van der Waals surface area contributed by atoms with Gasteiger partial charge in [0.1, 0.15) is 0 Å². The van der Waals surface area contributed by atoms with Gasteiger partial charge in [0, 0.05) is 12.4 Å². The Morgan fingerprint density at radius 3 is 2.00 bits per heavy atom. The van der Waals surface area contributed by atoms with Gasteiger partial charge in [-0.05, 0) is 0 Å². The van der Waals surface area contributed by atoms with Gasteiger partial charge in [0.2, 0.25) is 0 Å². The van der Waals surface area contributed by atoms with Crippen molar-refractivity contribution in [1.29, 1.82) is 0 Å². The Kier molecular flexibility index (Phi) is 1.35. The zero-order valence-electron chi connectivity index (χ0n) is 4.80. The van der Waals surface area contributed by atoms with Crippen LogP contribution in [0, 0.1) is 0 Å². The van der Waals surface area contributed by atoms with Crippen LogP contribution in [0.25, 0.3) is 0 Å². The van der Waals surface area contributed by atoms with E-state index in [4.69, 9.17) is 10.3 Å². The zero-order valence-corrected chi connectivity index (χ0v) is 5.61. The maximum atomic E-state index is 10.4. The lowest BCUT2D eigenvalue weighted by molar-refractivity contribution is 0.437. The maximum absolute atomic E-state index is 10.4. The molecule has 0 fully saturated rings. The van der Waals surface area contributed by atoms with Gasteiger partial charge in [-0.15, -0.1) is 0 Å². The van der Waals surface area contributed by atoms with Crippen LogP contribution >= 0.6 is 0 Å².